The number of hydrogen-bond donors (Lipinski definition) is 1. The van der Waals surface area contributed by atoms with Gasteiger partial charge >= 0.3 is 0 Å². The molecule has 4 nitrogen and oxygen atoms in total. The first kappa shape index (κ1) is 14.1. The predicted molar refractivity (Wildman–Crippen MR) is 77.2 cm³/mol. The van der Waals surface area contributed by atoms with Crippen molar-refractivity contribution in [3.63, 3.8) is 0 Å². The number of amides is 1. The van der Waals surface area contributed by atoms with Gasteiger partial charge in [0.1, 0.15) is 12.4 Å². The van der Waals surface area contributed by atoms with Gasteiger partial charge in [-0.1, -0.05) is 18.2 Å². The van der Waals surface area contributed by atoms with Crippen molar-refractivity contribution >= 4 is 5.91 Å². The van der Waals surface area contributed by atoms with Crippen molar-refractivity contribution in [2.45, 2.75) is 26.5 Å². The maximum atomic E-state index is 11.0. The van der Waals surface area contributed by atoms with Gasteiger partial charge in [-0.05, 0) is 30.7 Å². The summed E-state index contributed by atoms with van der Waals surface area (Å²) in [6.45, 7) is 3.96. The molecule has 1 aromatic heterocycles. The van der Waals surface area contributed by atoms with E-state index < -0.39 is 0 Å². The van der Waals surface area contributed by atoms with Crippen LogP contribution in [0.1, 0.15) is 31.0 Å². The van der Waals surface area contributed by atoms with Gasteiger partial charge in [0.2, 0.25) is 5.91 Å². The van der Waals surface area contributed by atoms with E-state index in [9.17, 15) is 4.79 Å². The fourth-order valence-corrected chi connectivity index (χ4v) is 1.89. The summed E-state index contributed by atoms with van der Waals surface area (Å²) in [6, 6.07) is 11.6. The lowest BCUT2D eigenvalue weighted by Gasteiger charge is -2.13. The first-order valence-corrected chi connectivity index (χ1v) is 6.54. The second kappa shape index (κ2) is 6.70. The largest absolute Gasteiger partial charge is 0.489 e. The molecular formula is C16H18N2O2. The Morgan fingerprint density at radius 1 is 1.30 bits per heavy atom. The molecule has 0 saturated heterocycles. The van der Waals surface area contributed by atoms with Gasteiger partial charge in [-0.25, -0.2) is 0 Å². The van der Waals surface area contributed by atoms with Crippen LogP contribution in [-0.2, 0) is 11.4 Å². The van der Waals surface area contributed by atoms with Crippen LogP contribution in [0.2, 0.25) is 0 Å². The topological polar surface area (TPSA) is 51.2 Å². The number of aromatic nitrogens is 1. The molecule has 1 amide bonds. The van der Waals surface area contributed by atoms with Crippen molar-refractivity contribution in [2.24, 2.45) is 0 Å². The maximum absolute atomic E-state index is 11.0. The average molecular weight is 270 g/mol. The molecule has 4 heteroatoms. The molecule has 20 heavy (non-hydrogen) atoms. The summed E-state index contributed by atoms with van der Waals surface area (Å²) in [5, 5.41) is 2.85. The molecule has 104 valence electrons. The lowest BCUT2D eigenvalue weighted by Crippen LogP contribution is -2.23. The lowest BCUT2D eigenvalue weighted by atomic mass is 10.1. The first-order chi connectivity index (χ1) is 9.65. The Bertz CT molecular complexity index is 552. The standard InChI is InChI=1S/C16H18N2O2/c1-12(18-13(2)19)15-5-7-16(8-6-15)20-11-14-4-3-9-17-10-14/h3-10,12H,11H2,1-2H3,(H,18,19)/t12-/m0/s1. The summed E-state index contributed by atoms with van der Waals surface area (Å²) in [7, 11) is 0. The summed E-state index contributed by atoms with van der Waals surface area (Å²) in [6.07, 6.45) is 3.52. The van der Waals surface area contributed by atoms with E-state index >= 15 is 0 Å². The molecule has 1 aromatic carbocycles. The zero-order valence-electron chi connectivity index (χ0n) is 11.7. The Morgan fingerprint density at radius 3 is 2.65 bits per heavy atom. The van der Waals surface area contributed by atoms with Crippen LogP contribution in [0.5, 0.6) is 5.75 Å². The Hall–Kier alpha value is -2.36. The molecule has 0 unspecified atom stereocenters. The minimum atomic E-state index is -0.0330. The normalized spacial score (nSPS) is 11.7. The third-order valence-electron chi connectivity index (χ3n) is 2.93. The van der Waals surface area contributed by atoms with E-state index in [0.29, 0.717) is 6.61 Å². The zero-order valence-corrected chi connectivity index (χ0v) is 11.7. The number of benzene rings is 1. The summed E-state index contributed by atoms with van der Waals surface area (Å²) >= 11 is 0. The molecular weight excluding hydrogens is 252 g/mol. The first-order valence-electron chi connectivity index (χ1n) is 6.54. The van der Waals surface area contributed by atoms with Crippen LogP contribution in [0.15, 0.2) is 48.8 Å². The molecule has 0 aliphatic rings. The van der Waals surface area contributed by atoms with Gasteiger partial charge in [0.25, 0.3) is 0 Å². The van der Waals surface area contributed by atoms with E-state index in [0.717, 1.165) is 16.9 Å². The molecule has 0 spiro atoms. The van der Waals surface area contributed by atoms with Crippen molar-refractivity contribution in [2.75, 3.05) is 0 Å². The average Bonchev–Trinajstić information content (AvgIpc) is 2.46. The number of pyridine rings is 1. The number of carbonyl (C=O) groups is 1. The highest BCUT2D eigenvalue weighted by atomic mass is 16.5. The number of carbonyl (C=O) groups excluding carboxylic acids is 1. The van der Waals surface area contributed by atoms with Gasteiger partial charge in [-0.2, -0.15) is 0 Å². The van der Waals surface area contributed by atoms with Crippen molar-refractivity contribution in [1.29, 1.82) is 0 Å². The molecule has 0 radical (unpaired) electrons. The Balaban J connectivity index is 1.93. The van der Waals surface area contributed by atoms with E-state index in [1.54, 1.807) is 12.4 Å². The quantitative estimate of drug-likeness (QED) is 0.909. The van der Waals surface area contributed by atoms with Crippen molar-refractivity contribution < 1.29 is 9.53 Å². The fourth-order valence-electron chi connectivity index (χ4n) is 1.89. The molecule has 0 aliphatic carbocycles. The number of hydrogen-bond acceptors (Lipinski definition) is 3. The summed E-state index contributed by atoms with van der Waals surface area (Å²) in [5.41, 5.74) is 2.08. The van der Waals surface area contributed by atoms with E-state index in [2.05, 4.69) is 10.3 Å². The third-order valence-corrected chi connectivity index (χ3v) is 2.93. The lowest BCUT2D eigenvalue weighted by molar-refractivity contribution is -0.119. The van der Waals surface area contributed by atoms with Gasteiger partial charge in [0, 0.05) is 24.9 Å². The van der Waals surface area contributed by atoms with Gasteiger partial charge in [0.15, 0.2) is 0 Å². The van der Waals surface area contributed by atoms with Crippen molar-refractivity contribution in [3.8, 4) is 5.75 Å². The predicted octanol–water partition coefficient (Wildman–Crippen LogP) is 2.86. The molecule has 2 aromatic rings. The number of ether oxygens (including phenoxy) is 1. The highest BCUT2D eigenvalue weighted by Crippen LogP contribution is 2.18. The molecule has 1 heterocycles. The zero-order chi connectivity index (χ0) is 14.4. The Labute approximate surface area is 118 Å². The van der Waals surface area contributed by atoms with Gasteiger partial charge in [-0.15, -0.1) is 0 Å². The third kappa shape index (κ3) is 4.09. The van der Waals surface area contributed by atoms with Crippen LogP contribution in [0, 0.1) is 0 Å². The van der Waals surface area contributed by atoms with Crippen LogP contribution >= 0.6 is 0 Å². The molecule has 0 bridgehead atoms. The van der Waals surface area contributed by atoms with Crippen molar-refractivity contribution in [1.82, 2.24) is 10.3 Å². The molecule has 1 N–H and O–H groups in total. The van der Waals surface area contributed by atoms with Gasteiger partial charge in [0.05, 0.1) is 6.04 Å². The van der Waals surface area contributed by atoms with Crippen LogP contribution in [0.4, 0.5) is 0 Å². The molecule has 0 fully saturated rings. The monoisotopic (exact) mass is 270 g/mol. The highest BCUT2D eigenvalue weighted by molar-refractivity contribution is 5.73. The summed E-state index contributed by atoms with van der Waals surface area (Å²) in [5.74, 6) is 0.766. The van der Waals surface area contributed by atoms with E-state index in [4.69, 9.17) is 4.74 Å². The minimum absolute atomic E-state index is 0.000117. The smallest absolute Gasteiger partial charge is 0.217 e. The van der Waals surface area contributed by atoms with Gasteiger partial charge in [-0.3, -0.25) is 9.78 Å². The molecule has 0 aliphatic heterocycles. The number of rotatable bonds is 5. The second-order valence-corrected chi connectivity index (χ2v) is 4.64. The molecule has 0 saturated carbocycles. The minimum Gasteiger partial charge on any atom is -0.489 e. The Kier molecular flexibility index (Phi) is 4.71. The number of nitrogens with zero attached hydrogens (tertiary/aromatic N) is 1. The van der Waals surface area contributed by atoms with E-state index in [1.807, 2.05) is 43.3 Å². The summed E-state index contributed by atoms with van der Waals surface area (Å²) < 4.78 is 5.68. The Morgan fingerprint density at radius 2 is 2.05 bits per heavy atom. The molecule has 2 rings (SSSR count). The highest BCUT2D eigenvalue weighted by Gasteiger charge is 2.06. The van der Waals surface area contributed by atoms with Gasteiger partial charge < -0.3 is 10.1 Å². The van der Waals surface area contributed by atoms with Crippen LogP contribution in [0.3, 0.4) is 0 Å². The second-order valence-electron chi connectivity index (χ2n) is 4.64. The summed E-state index contributed by atoms with van der Waals surface area (Å²) in [4.78, 5) is 15.1. The maximum Gasteiger partial charge on any atom is 0.217 e. The SMILES string of the molecule is CC(=O)N[C@@H](C)c1ccc(OCc2cccnc2)cc1. The van der Waals surface area contributed by atoms with Crippen LogP contribution < -0.4 is 10.1 Å². The number of nitrogens with one attached hydrogen (secondary N) is 1. The van der Waals surface area contributed by atoms with Crippen LogP contribution in [-0.4, -0.2) is 10.9 Å². The van der Waals surface area contributed by atoms with E-state index in [-0.39, 0.29) is 11.9 Å². The fraction of sp³-hybridized carbons (Fsp3) is 0.250. The van der Waals surface area contributed by atoms with E-state index in [1.165, 1.54) is 6.92 Å². The molecule has 1 atom stereocenters. The van der Waals surface area contributed by atoms with Crippen molar-refractivity contribution in [3.05, 3.63) is 59.9 Å². The van der Waals surface area contributed by atoms with Crippen LogP contribution in [0.25, 0.3) is 0 Å².